The van der Waals surface area contributed by atoms with Crippen molar-refractivity contribution < 1.29 is 14.5 Å². The van der Waals surface area contributed by atoms with Gasteiger partial charge < -0.3 is 15.5 Å². The molecule has 31 heavy (non-hydrogen) atoms. The quantitative estimate of drug-likeness (QED) is 0.344. The summed E-state index contributed by atoms with van der Waals surface area (Å²) < 4.78 is 5.72. The number of carbonyl (C=O) groups is 1. The average molecular weight is 438 g/mol. The van der Waals surface area contributed by atoms with E-state index < -0.39 is 17.1 Å². The van der Waals surface area contributed by atoms with Crippen LogP contribution in [0.3, 0.4) is 0 Å². The number of amides is 1. The predicted molar refractivity (Wildman–Crippen MR) is 116 cm³/mol. The Bertz CT molecular complexity index is 1170. The fraction of sp³-hybridized carbons (Fsp3) is 0.250. The van der Waals surface area contributed by atoms with Crippen LogP contribution in [0.15, 0.2) is 42.7 Å². The number of nitrogens with two attached hydrogens (primary N) is 1. The van der Waals surface area contributed by atoms with Crippen LogP contribution in [0.5, 0.6) is 11.6 Å². The highest BCUT2D eigenvalue weighted by Gasteiger charge is 2.36. The first-order chi connectivity index (χ1) is 15.0. The van der Waals surface area contributed by atoms with Gasteiger partial charge in [-0.25, -0.2) is 11.6 Å². The number of H-pyrrole nitrogens is 1. The SMILES string of the molecule is [C-]#[N+][C@H]1CSCN1C(=O)[C@@H](N)Cc1c[nH]c2ccc(Oc3ccc([N+](=O)[O-])cn3)cc12. The Labute approximate surface area is 181 Å². The molecule has 4 rings (SSSR count). The Morgan fingerprint density at radius 1 is 1.48 bits per heavy atom. The molecule has 3 heterocycles. The predicted octanol–water partition coefficient (Wildman–Crippen LogP) is 2.91. The summed E-state index contributed by atoms with van der Waals surface area (Å²) in [6, 6.07) is 7.37. The van der Waals surface area contributed by atoms with E-state index in [1.807, 2.05) is 6.07 Å². The van der Waals surface area contributed by atoms with Crippen LogP contribution in [-0.2, 0) is 11.2 Å². The smallest absolute Gasteiger partial charge is 0.310 e. The van der Waals surface area contributed by atoms with Gasteiger partial charge in [0.05, 0.1) is 22.6 Å². The van der Waals surface area contributed by atoms with Gasteiger partial charge in [-0.15, -0.1) is 11.8 Å². The number of benzene rings is 1. The van der Waals surface area contributed by atoms with Crippen LogP contribution >= 0.6 is 11.8 Å². The van der Waals surface area contributed by atoms with Gasteiger partial charge >= 0.3 is 6.17 Å². The molecule has 10 nitrogen and oxygen atoms in total. The number of nitrogens with one attached hydrogen (secondary N) is 1. The van der Waals surface area contributed by atoms with Crippen LogP contribution < -0.4 is 10.5 Å². The van der Waals surface area contributed by atoms with Gasteiger partial charge in [-0.3, -0.25) is 24.7 Å². The van der Waals surface area contributed by atoms with E-state index in [4.69, 9.17) is 17.0 Å². The second-order valence-corrected chi connectivity index (χ2v) is 7.96. The molecular weight excluding hydrogens is 420 g/mol. The van der Waals surface area contributed by atoms with Crippen LogP contribution in [0.25, 0.3) is 15.7 Å². The van der Waals surface area contributed by atoms with E-state index in [2.05, 4.69) is 14.8 Å². The molecule has 2 atom stereocenters. The van der Waals surface area contributed by atoms with Gasteiger partial charge in [0.15, 0.2) is 0 Å². The molecule has 1 amide bonds. The molecule has 1 saturated heterocycles. The standard InChI is InChI=1S/C20H18N6O4S/c1-22-18-10-31-11-25(18)20(27)16(21)6-12-8-23-17-4-3-14(7-15(12)17)30-19-5-2-13(9-24-19)26(28)29/h2-5,7-9,16,18,23H,6,10-11,21H2/t16-,18+/m0/s1. The van der Waals surface area contributed by atoms with Crippen LogP contribution in [0.1, 0.15) is 5.56 Å². The topological polar surface area (TPSA) is 132 Å². The van der Waals surface area contributed by atoms with Crippen molar-refractivity contribution in [3.8, 4) is 11.6 Å². The Morgan fingerprint density at radius 2 is 2.32 bits per heavy atom. The van der Waals surface area contributed by atoms with Gasteiger partial charge in [-0.2, -0.15) is 0 Å². The minimum Gasteiger partial charge on any atom is -0.439 e. The van der Waals surface area contributed by atoms with Crippen LogP contribution in [0.4, 0.5) is 5.69 Å². The summed E-state index contributed by atoms with van der Waals surface area (Å²) in [6.07, 6.45) is 2.79. The third kappa shape index (κ3) is 4.30. The number of nitrogens with zero attached hydrogens (tertiary/aromatic N) is 4. The summed E-state index contributed by atoms with van der Waals surface area (Å²) in [7, 11) is 0. The Hall–Kier alpha value is -3.62. The normalized spacial score (nSPS) is 16.8. The van der Waals surface area contributed by atoms with Crippen molar-refractivity contribution in [2.45, 2.75) is 18.6 Å². The maximum Gasteiger partial charge on any atom is 0.310 e. The van der Waals surface area contributed by atoms with Gasteiger partial charge in [0.1, 0.15) is 11.9 Å². The molecule has 11 heteroatoms. The molecule has 3 aromatic rings. The maximum atomic E-state index is 12.7. The number of carbonyl (C=O) groups excluding carboxylic acids is 1. The van der Waals surface area contributed by atoms with Crippen LogP contribution in [0.2, 0.25) is 0 Å². The molecule has 0 aliphatic carbocycles. The molecule has 0 saturated carbocycles. The summed E-state index contributed by atoms with van der Waals surface area (Å²) in [5.41, 5.74) is 7.77. The third-order valence-corrected chi connectivity index (χ3v) is 5.93. The van der Waals surface area contributed by atoms with Crippen LogP contribution in [-0.4, -0.2) is 49.5 Å². The molecule has 1 fully saturated rings. The number of thioether (sulfide) groups is 1. The van der Waals surface area contributed by atoms with E-state index in [-0.39, 0.29) is 17.5 Å². The largest absolute Gasteiger partial charge is 0.439 e. The zero-order valence-corrected chi connectivity index (χ0v) is 17.0. The van der Waals surface area contributed by atoms with Gasteiger partial charge in [-0.1, -0.05) is 0 Å². The molecule has 0 radical (unpaired) electrons. The van der Waals surface area contributed by atoms with Crippen molar-refractivity contribution in [3.63, 3.8) is 0 Å². The minimum absolute atomic E-state index is 0.119. The average Bonchev–Trinajstić information content (AvgIpc) is 3.40. The fourth-order valence-corrected chi connectivity index (χ4v) is 4.41. The van der Waals surface area contributed by atoms with E-state index in [9.17, 15) is 14.9 Å². The summed E-state index contributed by atoms with van der Waals surface area (Å²) in [4.78, 5) is 35.1. The molecule has 1 aliphatic heterocycles. The summed E-state index contributed by atoms with van der Waals surface area (Å²) in [5.74, 6) is 1.58. The number of rotatable bonds is 6. The number of fused-ring (bicyclic) bond motifs is 1. The first kappa shape index (κ1) is 20.6. The van der Waals surface area contributed by atoms with Gasteiger partial charge in [0.25, 0.3) is 5.69 Å². The van der Waals surface area contributed by atoms with Crippen LogP contribution in [0, 0.1) is 16.7 Å². The van der Waals surface area contributed by atoms with Crippen molar-refractivity contribution in [2.24, 2.45) is 5.73 Å². The van der Waals surface area contributed by atoms with Crippen molar-refractivity contribution in [2.75, 3.05) is 11.6 Å². The number of pyridine rings is 1. The third-order valence-electron chi connectivity index (χ3n) is 4.94. The number of aromatic amines is 1. The van der Waals surface area contributed by atoms with Crippen molar-refractivity contribution in [1.82, 2.24) is 14.9 Å². The first-order valence-electron chi connectivity index (χ1n) is 9.35. The lowest BCUT2D eigenvalue weighted by atomic mass is 10.0. The summed E-state index contributed by atoms with van der Waals surface area (Å²) in [6.45, 7) is 7.24. The lowest BCUT2D eigenvalue weighted by Gasteiger charge is -2.19. The maximum absolute atomic E-state index is 12.7. The Morgan fingerprint density at radius 3 is 3.03 bits per heavy atom. The molecule has 0 bridgehead atoms. The Balaban J connectivity index is 1.51. The van der Waals surface area contributed by atoms with E-state index in [0.717, 1.165) is 22.7 Å². The molecule has 0 spiro atoms. The van der Waals surface area contributed by atoms with Gasteiger partial charge in [0, 0.05) is 29.2 Å². The highest BCUT2D eigenvalue weighted by atomic mass is 32.2. The van der Waals surface area contributed by atoms with E-state index >= 15 is 0 Å². The van der Waals surface area contributed by atoms with E-state index in [1.54, 1.807) is 30.1 Å². The second-order valence-electron chi connectivity index (χ2n) is 6.96. The second kappa shape index (κ2) is 8.63. The first-order valence-corrected chi connectivity index (χ1v) is 10.5. The molecule has 1 aliphatic rings. The number of hydrogen-bond donors (Lipinski definition) is 2. The highest BCUT2D eigenvalue weighted by molar-refractivity contribution is 7.99. The molecule has 0 unspecified atom stereocenters. The molecule has 158 valence electrons. The van der Waals surface area contributed by atoms with Gasteiger partial charge in [-0.05, 0) is 30.2 Å². The monoisotopic (exact) mass is 438 g/mol. The summed E-state index contributed by atoms with van der Waals surface area (Å²) in [5, 5.41) is 11.6. The number of nitro groups is 1. The van der Waals surface area contributed by atoms with Crippen molar-refractivity contribution >= 4 is 34.3 Å². The van der Waals surface area contributed by atoms with Crippen molar-refractivity contribution in [1.29, 1.82) is 0 Å². The number of hydrogen-bond acceptors (Lipinski definition) is 7. The minimum atomic E-state index is -0.761. The lowest BCUT2D eigenvalue weighted by Crippen LogP contribution is -2.46. The number of ether oxygens (including phenoxy) is 1. The van der Waals surface area contributed by atoms with E-state index in [0.29, 0.717) is 23.8 Å². The molecule has 2 aromatic heterocycles. The van der Waals surface area contributed by atoms with Crippen molar-refractivity contribution in [3.05, 3.63) is 69.8 Å². The highest BCUT2D eigenvalue weighted by Crippen LogP contribution is 2.28. The Kier molecular flexibility index (Phi) is 5.75. The molecule has 1 aromatic carbocycles. The molecular formula is C20H18N6O4S. The number of aromatic nitrogens is 2. The summed E-state index contributed by atoms with van der Waals surface area (Å²) >= 11 is 1.55. The molecule has 3 N–H and O–H groups in total. The fourth-order valence-electron chi connectivity index (χ4n) is 3.34. The lowest BCUT2D eigenvalue weighted by molar-refractivity contribution is -0.385. The van der Waals surface area contributed by atoms with Gasteiger partial charge in [0.2, 0.25) is 11.8 Å². The zero-order chi connectivity index (χ0) is 22.0. The zero-order valence-electron chi connectivity index (χ0n) is 16.2. The van der Waals surface area contributed by atoms with E-state index in [1.165, 1.54) is 17.0 Å².